The second-order valence-corrected chi connectivity index (χ2v) is 8.90. The van der Waals surface area contributed by atoms with E-state index in [1.807, 2.05) is 0 Å². The average Bonchev–Trinajstić information content (AvgIpc) is 2.42. The van der Waals surface area contributed by atoms with Crippen LogP contribution in [0.2, 0.25) is 0 Å². The number of alkyl halides is 2. The van der Waals surface area contributed by atoms with Crippen molar-refractivity contribution in [3.8, 4) is 0 Å². The summed E-state index contributed by atoms with van der Waals surface area (Å²) in [6.45, 7) is 0.186. The van der Waals surface area contributed by atoms with Gasteiger partial charge in [-0.15, -0.1) is 0 Å². The molecule has 0 bridgehead atoms. The monoisotopic (exact) mass is 363 g/mol. The maximum absolute atomic E-state index is 11.1. The fourth-order valence-corrected chi connectivity index (χ4v) is 3.19. The van der Waals surface area contributed by atoms with Crippen molar-refractivity contribution in [2.75, 3.05) is 18.1 Å². The van der Waals surface area contributed by atoms with Crippen LogP contribution in [-0.2, 0) is 14.6 Å². The average molecular weight is 365 g/mol. The fourth-order valence-electron chi connectivity index (χ4n) is 1.26. The summed E-state index contributed by atoms with van der Waals surface area (Å²) in [5, 5.41) is 2.51. The van der Waals surface area contributed by atoms with Crippen LogP contribution in [-0.4, -0.2) is 42.4 Å². The number of hydrogen-bond donors (Lipinski definition) is 1. The van der Waals surface area contributed by atoms with Crippen molar-refractivity contribution in [3.05, 3.63) is 0 Å². The number of halogens is 2. The van der Waals surface area contributed by atoms with Gasteiger partial charge in [0, 0.05) is 6.04 Å². The second kappa shape index (κ2) is 5.49. The van der Waals surface area contributed by atoms with Gasteiger partial charge in [-0.05, 0) is 6.42 Å². The number of sulfone groups is 1. The number of alkyl carbamates (subject to hydrolysis) is 1. The minimum Gasteiger partial charge on any atom is -0.447 e. The molecule has 1 heterocycles. The van der Waals surface area contributed by atoms with Crippen molar-refractivity contribution in [1.29, 1.82) is 0 Å². The van der Waals surface area contributed by atoms with Crippen LogP contribution in [0.5, 0.6) is 0 Å². The summed E-state index contributed by atoms with van der Waals surface area (Å²) in [6.07, 6.45) is -0.121. The molecule has 0 aliphatic carbocycles. The lowest BCUT2D eigenvalue weighted by Gasteiger charge is -2.11. The molecule has 0 saturated carbocycles. The first-order valence-electron chi connectivity index (χ1n) is 4.31. The molecular formula is C7H11Br2NO4S. The molecule has 1 rings (SSSR count). The third-order valence-electron chi connectivity index (χ3n) is 1.89. The second-order valence-electron chi connectivity index (χ2n) is 3.23. The molecule has 1 amide bonds. The lowest BCUT2D eigenvalue weighted by molar-refractivity contribution is 0.149. The van der Waals surface area contributed by atoms with E-state index in [1.54, 1.807) is 0 Å². The van der Waals surface area contributed by atoms with E-state index in [-0.39, 0.29) is 27.9 Å². The molecule has 0 radical (unpaired) electrons. The Bertz CT molecular complexity index is 330. The summed E-state index contributed by atoms with van der Waals surface area (Å²) in [5.74, 6) is 0.144. The molecule has 0 aromatic carbocycles. The Balaban J connectivity index is 2.28. The molecule has 1 aliphatic rings. The van der Waals surface area contributed by atoms with Crippen molar-refractivity contribution in [2.45, 2.75) is 16.2 Å². The van der Waals surface area contributed by atoms with Gasteiger partial charge in [0.1, 0.15) is 10.3 Å². The van der Waals surface area contributed by atoms with Gasteiger partial charge in [-0.2, -0.15) is 0 Å². The van der Waals surface area contributed by atoms with Gasteiger partial charge in [0.05, 0.1) is 11.5 Å². The first-order valence-corrected chi connectivity index (χ1v) is 7.96. The summed E-state index contributed by atoms with van der Waals surface area (Å²) < 4.78 is 26.9. The van der Waals surface area contributed by atoms with E-state index in [1.165, 1.54) is 0 Å². The highest BCUT2D eigenvalue weighted by Gasteiger charge is 2.29. The molecule has 15 heavy (non-hydrogen) atoms. The van der Waals surface area contributed by atoms with Gasteiger partial charge in [-0.25, -0.2) is 13.2 Å². The summed E-state index contributed by atoms with van der Waals surface area (Å²) in [6, 6.07) is -0.313. The molecule has 0 aromatic rings. The minimum atomic E-state index is -2.96. The molecule has 1 atom stereocenters. The first kappa shape index (κ1) is 13.2. The molecule has 1 N–H and O–H groups in total. The zero-order valence-corrected chi connectivity index (χ0v) is 11.8. The number of amides is 1. The van der Waals surface area contributed by atoms with E-state index < -0.39 is 15.9 Å². The van der Waals surface area contributed by atoms with E-state index in [2.05, 4.69) is 37.2 Å². The predicted molar refractivity (Wildman–Crippen MR) is 63.2 cm³/mol. The molecular weight excluding hydrogens is 354 g/mol. The van der Waals surface area contributed by atoms with Crippen LogP contribution in [0.1, 0.15) is 6.42 Å². The largest absolute Gasteiger partial charge is 0.447 e. The van der Waals surface area contributed by atoms with Gasteiger partial charge in [0.25, 0.3) is 0 Å². The Morgan fingerprint density at radius 3 is 2.67 bits per heavy atom. The molecule has 1 fully saturated rings. The van der Waals surface area contributed by atoms with E-state index in [4.69, 9.17) is 4.74 Å². The fraction of sp³-hybridized carbons (Fsp3) is 0.857. The number of carbonyl (C=O) groups excluding carboxylic acids is 1. The van der Waals surface area contributed by atoms with E-state index >= 15 is 0 Å². The molecule has 0 spiro atoms. The van der Waals surface area contributed by atoms with Crippen LogP contribution < -0.4 is 5.32 Å². The standard InChI is InChI=1S/C7H11Br2NO4S/c8-6(9)3-14-7(11)10-5-1-2-15(12,13)4-5/h5-6H,1-4H2,(H,10,11)/t5-/m0/s1. The number of rotatable bonds is 3. The van der Waals surface area contributed by atoms with Crippen molar-refractivity contribution in [1.82, 2.24) is 5.32 Å². The lowest BCUT2D eigenvalue weighted by Crippen LogP contribution is -2.36. The van der Waals surface area contributed by atoms with Crippen molar-refractivity contribution in [2.24, 2.45) is 0 Å². The Labute approximate surface area is 105 Å². The zero-order chi connectivity index (χ0) is 11.5. The smallest absolute Gasteiger partial charge is 0.407 e. The van der Waals surface area contributed by atoms with Crippen LogP contribution in [0, 0.1) is 0 Å². The van der Waals surface area contributed by atoms with Crippen LogP contribution in [0.3, 0.4) is 0 Å². The molecule has 1 saturated heterocycles. The number of carbonyl (C=O) groups is 1. The van der Waals surface area contributed by atoms with Gasteiger partial charge in [0.15, 0.2) is 9.84 Å². The van der Waals surface area contributed by atoms with Gasteiger partial charge in [-0.3, -0.25) is 0 Å². The number of ether oxygens (including phenoxy) is 1. The minimum absolute atomic E-state index is 0.00809. The highest BCUT2D eigenvalue weighted by molar-refractivity contribution is 9.24. The van der Waals surface area contributed by atoms with Crippen LogP contribution in [0.4, 0.5) is 4.79 Å². The maximum Gasteiger partial charge on any atom is 0.407 e. The third-order valence-corrected chi connectivity index (χ3v) is 4.19. The topological polar surface area (TPSA) is 72.5 Å². The quantitative estimate of drug-likeness (QED) is 0.759. The maximum atomic E-state index is 11.1. The SMILES string of the molecule is O=C(N[C@H]1CCS(=O)(=O)C1)OCC(Br)Br. The zero-order valence-electron chi connectivity index (χ0n) is 7.78. The van der Waals surface area contributed by atoms with Crippen LogP contribution in [0.25, 0.3) is 0 Å². The van der Waals surface area contributed by atoms with E-state index in [0.717, 1.165) is 0 Å². The molecule has 1 aliphatic heterocycles. The van der Waals surface area contributed by atoms with Crippen LogP contribution in [0.15, 0.2) is 0 Å². The molecule has 8 heteroatoms. The Hall–Kier alpha value is 0.180. The summed E-state index contributed by atoms with van der Waals surface area (Å²) >= 11 is 6.30. The first-order chi connectivity index (χ1) is 6.89. The molecule has 0 aromatic heterocycles. The molecule has 0 unspecified atom stereocenters. The van der Waals surface area contributed by atoms with Crippen molar-refractivity contribution < 1.29 is 17.9 Å². The highest BCUT2D eigenvalue weighted by atomic mass is 79.9. The van der Waals surface area contributed by atoms with E-state index in [0.29, 0.717) is 6.42 Å². The van der Waals surface area contributed by atoms with Gasteiger partial charge in [0.2, 0.25) is 0 Å². The predicted octanol–water partition coefficient (Wildman–Crippen LogP) is 1.02. The summed E-state index contributed by atoms with van der Waals surface area (Å²) in [7, 11) is -2.96. The lowest BCUT2D eigenvalue weighted by atomic mass is 10.3. The summed E-state index contributed by atoms with van der Waals surface area (Å²) in [5.41, 5.74) is 0. The number of hydrogen-bond acceptors (Lipinski definition) is 4. The van der Waals surface area contributed by atoms with Gasteiger partial charge < -0.3 is 10.1 Å². The molecule has 88 valence electrons. The van der Waals surface area contributed by atoms with E-state index in [9.17, 15) is 13.2 Å². The Kier molecular flexibility index (Phi) is 4.85. The molecule has 5 nitrogen and oxygen atoms in total. The van der Waals surface area contributed by atoms with Crippen molar-refractivity contribution >= 4 is 47.8 Å². The summed E-state index contributed by atoms with van der Waals surface area (Å²) in [4.78, 5) is 11.1. The highest BCUT2D eigenvalue weighted by Crippen LogP contribution is 2.12. The van der Waals surface area contributed by atoms with Crippen molar-refractivity contribution in [3.63, 3.8) is 0 Å². The Morgan fingerprint density at radius 1 is 1.53 bits per heavy atom. The van der Waals surface area contributed by atoms with Crippen LogP contribution >= 0.6 is 31.9 Å². The van der Waals surface area contributed by atoms with Gasteiger partial charge in [-0.1, -0.05) is 31.9 Å². The van der Waals surface area contributed by atoms with Gasteiger partial charge >= 0.3 is 6.09 Å². The third kappa shape index (κ3) is 5.17. The number of nitrogens with one attached hydrogen (secondary N) is 1. The Morgan fingerprint density at radius 2 is 2.20 bits per heavy atom. The normalized spacial score (nSPS) is 24.1.